The van der Waals surface area contributed by atoms with Crippen molar-refractivity contribution < 1.29 is 13.9 Å². The van der Waals surface area contributed by atoms with Crippen molar-refractivity contribution in [1.29, 1.82) is 0 Å². The molecule has 0 aliphatic heterocycles. The summed E-state index contributed by atoms with van der Waals surface area (Å²) in [5.41, 5.74) is 2.70. The number of nitrogens with one attached hydrogen (secondary N) is 1. The molecule has 1 aromatic carbocycles. The number of aromatic nitrogens is 3. The zero-order chi connectivity index (χ0) is 19.0. The highest BCUT2D eigenvalue weighted by Crippen LogP contribution is 2.32. The molecule has 7 nitrogen and oxygen atoms in total. The molecule has 4 rings (SSSR count). The first kappa shape index (κ1) is 17.3. The molecule has 0 bridgehead atoms. The van der Waals surface area contributed by atoms with Crippen LogP contribution in [0.4, 0.5) is 5.13 Å². The SMILES string of the molecule is CCOc1ccc2oc(-c3csc(NC(=O)c4cc(C)nn4C)n3)cc2c1. The molecule has 0 aliphatic rings. The van der Waals surface area contributed by atoms with Crippen LogP contribution >= 0.6 is 11.3 Å². The molecule has 1 N–H and O–H groups in total. The van der Waals surface area contributed by atoms with Gasteiger partial charge in [-0.2, -0.15) is 5.10 Å². The average molecular weight is 382 g/mol. The van der Waals surface area contributed by atoms with E-state index in [1.54, 1.807) is 17.8 Å². The highest BCUT2D eigenvalue weighted by molar-refractivity contribution is 7.14. The van der Waals surface area contributed by atoms with Crippen LogP contribution in [0.3, 0.4) is 0 Å². The second-order valence-electron chi connectivity index (χ2n) is 6.03. The Kier molecular flexibility index (Phi) is 4.41. The van der Waals surface area contributed by atoms with E-state index in [0.717, 1.165) is 22.4 Å². The molecular formula is C19H18N4O3S. The fourth-order valence-corrected chi connectivity index (χ4v) is 3.53. The summed E-state index contributed by atoms with van der Waals surface area (Å²) in [5, 5.41) is 10.3. The number of thiazole rings is 1. The number of ether oxygens (including phenoxy) is 1. The third-order valence-corrected chi connectivity index (χ3v) is 4.77. The number of amides is 1. The zero-order valence-corrected chi connectivity index (χ0v) is 16.0. The second kappa shape index (κ2) is 6.88. The first-order valence-electron chi connectivity index (χ1n) is 8.48. The van der Waals surface area contributed by atoms with Crippen molar-refractivity contribution in [3.8, 4) is 17.2 Å². The smallest absolute Gasteiger partial charge is 0.275 e. The molecule has 1 amide bonds. The number of fused-ring (bicyclic) bond motifs is 1. The number of carbonyl (C=O) groups is 1. The van der Waals surface area contributed by atoms with Gasteiger partial charge in [0.05, 0.1) is 12.3 Å². The van der Waals surface area contributed by atoms with E-state index in [0.29, 0.717) is 28.9 Å². The fourth-order valence-electron chi connectivity index (χ4n) is 2.83. The Morgan fingerprint density at radius 1 is 1.33 bits per heavy atom. The lowest BCUT2D eigenvalue weighted by Gasteiger charge is -2.01. The van der Waals surface area contributed by atoms with E-state index in [1.807, 2.05) is 43.5 Å². The van der Waals surface area contributed by atoms with Crippen LogP contribution in [0.15, 0.2) is 40.1 Å². The van der Waals surface area contributed by atoms with Crippen LogP contribution in [0, 0.1) is 6.92 Å². The van der Waals surface area contributed by atoms with Gasteiger partial charge in [-0.05, 0) is 44.2 Å². The van der Waals surface area contributed by atoms with Crippen LogP contribution in [0.2, 0.25) is 0 Å². The number of carbonyl (C=O) groups excluding carboxylic acids is 1. The van der Waals surface area contributed by atoms with Crippen molar-refractivity contribution >= 4 is 33.3 Å². The number of hydrogen-bond acceptors (Lipinski definition) is 6. The summed E-state index contributed by atoms with van der Waals surface area (Å²) in [5.74, 6) is 1.20. The van der Waals surface area contributed by atoms with Gasteiger partial charge in [0.15, 0.2) is 10.9 Å². The largest absolute Gasteiger partial charge is 0.494 e. The Morgan fingerprint density at radius 3 is 2.93 bits per heavy atom. The Hall–Kier alpha value is -3.13. The molecule has 3 aromatic heterocycles. The standard InChI is InChI=1S/C19H18N4O3S/c1-4-25-13-5-6-16-12(8-13)9-17(26-16)14-10-27-19(20-14)21-18(24)15-7-11(2)22-23(15)3/h5-10H,4H2,1-3H3,(H,20,21,24). The minimum absolute atomic E-state index is 0.245. The van der Waals surface area contributed by atoms with Gasteiger partial charge in [-0.15, -0.1) is 11.3 Å². The van der Waals surface area contributed by atoms with E-state index in [-0.39, 0.29) is 5.91 Å². The molecule has 0 fully saturated rings. The van der Waals surface area contributed by atoms with E-state index in [2.05, 4.69) is 15.4 Å². The number of hydrogen-bond donors (Lipinski definition) is 1. The van der Waals surface area contributed by atoms with Crippen molar-refractivity contribution in [1.82, 2.24) is 14.8 Å². The monoisotopic (exact) mass is 382 g/mol. The fraction of sp³-hybridized carbons (Fsp3) is 0.211. The van der Waals surface area contributed by atoms with Crippen molar-refractivity contribution in [2.24, 2.45) is 7.05 Å². The van der Waals surface area contributed by atoms with Crippen molar-refractivity contribution in [2.75, 3.05) is 11.9 Å². The lowest BCUT2D eigenvalue weighted by molar-refractivity contribution is 0.101. The maximum absolute atomic E-state index is 12.4. The lowest BCUT2D eigenvalue weighted by atomic mass is 10.2. The Labute approximate surface area is 159 Å². The number of aryl methyl sites for hydroxylation is 2. The molecular weight excluding hydrogens is 364 g/mol. The summed E-state index contributed by atoms with van der Waals surface area (Å²) < 4.78 is 12.9. The molecule has 0 saturated heterocycles. The van der Waals surface area contributed by atoms with E-state index >= 15 is 0 Å². The van der Waals surface area contributed by atoms with Crippen LogP contribution in [-0.4, -0.2) is 27.3 Å². The molecule has 3 heterocycles. The quantitative estimate of drug-likeness (QED) is 0.558. The van der Waals surface area contributed by atoms with E-state index in [9.17, 15) is 4.79 Å². The van der Waals surface area contributed by atoms with Crippen LogP contribution in [0.25, 0.3) is 22.4 Å². The second-order valence-corrected chi connectivity index (χ2v) is 6.89. The van der Waals surface area contributed by atoms with Crippen molar-refractivity contribution in [2.45, 2.75) is 13.8 Å². The minimum atomic E-state index is -0.245. The number of anilines is 1. The topological polar surface area (TPSA) is 82.2 Å². The first-order valence-corrected chi connectivity index (χ1v) is 9.35. The molecule has 138 valence electrons. The van der Waals surface area contributed by atoms with Crippen LogP contribution < -0.4 is 10.1 Å². The van der Waals surface area contributed by atoms with Gasteiger partial charge in [0, 0.05) is 17.8 Å². The van der Waals surface area contributed by atoms with Gasteiger partial charge in [0.2, 0.25) is 0 Å². The average Bonchev–Trinajstić information content (AvgIpc) is 3.33. The summed E-state index contributed by atoms with van der Waals surface area (Å²) in [7, 11) is 1.74. The Morgan fingerprint density at radius 2 is 2.19 bits per heavy atom. The minimum Gasteiger partial charge on any atom is -0.494 e. The van der Waals surface area contributed by atoms with Crippen molar-refractivity contribution in [3.05, 3.63) is 47.1 Å². The zero-order valence-electron chi connectivity index (χ0n) is 15.1. The third-order valence-electron chi connectivity index (χ3n) is 4.01. The normalized spacial score (nSPS) is 11.1. The molecule has 0 unspecified atom stereocenters. The van der Waals surface area contributed by atoms with E-state index < -0.39 is 0 Å². The summed E-state index contributed by atoms with van der Waals surface area (Å²) in [4.78, 5) is 16.9. The summed E-state index contributed by atoms with van der Waals surface area (Å²) in [6.45, 7) is 4.40. The molecule has 8 heteroatoms. The van der Waals surface area contributed by atoms with Gasteiger partial charge >= 0.3 is 0 Å². The number of nitrogens with zero attached hydrogens (tertiary/aromatic N) is 3. The molecule has 0 radical (unpaired) electrons. The highest BCUT2D eigenvalue weighted by Gasteiger charge is 2.16. The summed E-state index contributed by atoms with van der Waals surface area (Å²) in [6, 6.07) is 9.35. The van der Waals surface area contributed by atoms with Crippen LogP contribution in [0.1, 0.15) is 23.1 Å². The van der Waals surface area contributed by atoms with Crippen molar-refractivity contribution in [3.63, 3.8) is 0 Å². The number of rotatable bonds is 5. The lowest BCUT2D eigenvalue weighted by Crippen LogP contribution is -2.15. The van der Waals surface area contributed by atoms with Gasteiger partial charge in [-0.1, -0.05) is 0 Å². The molecule has 0 spiro atoms. The maximum atomic E-state index is 12.4. The highest BCUT2D eigenvalue weighted by atomic mass is 32.1. The molecule has 0 aliphatic carbocycles. The van der Waals surface area contributed by atoms with Gasteiger partial charge in [0.1, 0.15) is 22.7 Å². The molecule has 0 saturated carbocycles. The van der Waals surface area contributed by atoms with Gasteiger partial charge in [-0.25, -0.2) is 4.98 Å². The van der Waals surface area contributed by atoms with Crippen LogP contribution in [-0.2, 0) is 7.05 Å². The Balaban J connectivity index is 1.56. The van der Waals surface area contributed by atoms with E-state index in [4.69, 9.17) is 9.15 Å². The van der Waals surface area contributed by atoms with E-state index in [1.165, 1.54) is 11.3 Å². The summed E-state index contributed by atoms with van der Waals surface area (Å²) >= 11 is 1.34. The Bertz CT molecular complexity index is 1130. The predicted molar refractivity (Wildman–Crippen MR) is 104 cm³/mol. The maximum Gasteiger partial charge on any atom is 0.275 e. The van der Waals surface area contributed by atoms with Gasteiger partial charge in [0.25, 0.3) is 5.91 Å². The van der Waals surface area contributed by atoms with Gasteiger partial charge in [-0.3, -0.25) is 14.8 Å². The molecule has 4 aromatic rings. The number of benzene rings is 1. The molecule has 0 atom stereocenters. The third kappa shape index (κ3) is 3.43. The predicted octanol–water partition coefficient (Wildman–Crippen LogP) is 4.25. The van der Waals surface area contributed by atoms with Crippen LogP contribution in [0.5, 0.6) is 5.75 Å². The molecule has 27 heavy (non-hydrogen) atoms. The first-order chi connectivity index (χ1) is 13.0. The summed E-state index contributed by atoms with van der Waals surface area (Å²) in [6.07, 6.45) is 0. The number of furan rings is 1. The van der Waals surface area contributed by atoms with Gasteiger partial charge < -0.3 is 9.15 Å².